The highest BCUT2D eigenvalue weighted by molar-refractivity contribution is 5.85. The Kier molecular flexibility index (Phi) is 5.10. The topological polar surface area (TPSA) is 133 Å². The lowest BCUT2D eigenvalue weighted by molar-refractivity contribution is -0.140. The number of aliphatic hydroxyl groups is 1. The van der Waals surface area contributed by atoms with E-state index in [0.29, 0.717) is 0 Å². The van der Waals surface area contributed by atoms with E-state index in [2.05, 4.69) is 0 Å². The molecule has 0 heterocycles. The number of carboxylic acids is 1. The number of nitrogens with one attached hydrogen (secondary N) is 1. The predicted molar refractivity (Wildman–Crippen MR) is 48.9 cm³/mol. The van der Waals surface area contributed by atoms with Crippen molar-refractivity contribution in [2.75, 3.05) is 20.2 Å². The minimum Gasteiger partial charge on any atom is -0.480 e. The summed E-state index contributed by atoms with van der Waals surface area (Å²) in [5.74, 6) is -2.08. The van der Waals surface area contributed by atoms with Crippen LogP contribution in [0, 0.1) is 0 Å². The minimum absolute atomic E-state index is 0.330. The van der Waals surface area contributed by atoms with Crippen molar-refractivity contribution in [2.45, 2.75) is 6.04 Å². The first-order valence-corrected chi connectivity index (χ1v) is 4.02. The van der Waals surface area contributed by atoms with Crippen molar-refractivity contribution >= 4 is 17.9 Å². The third-order valence-corrected chi connectivity index (χ3v) is 1.52. The molecule has 0 aliphatic heterocycles. The average Bonchev–Trinajstić information content (AvgIpc) is 2.11. The fourth-order valence-electron chi connectivity index (χ4n) is 0.750. The summed E-state index contributed by atoms with van der Waals surface area (Å²) in [6.45, 7) is -1.06. The molecule has 8 nitrogen and oxygen atoms in total. The molecule has 0 saturated carbocycles. The van der Waals surface area contributed by atoms with Gasteiger partial charge in [-0.25, -0.2) is 9.59 Å². The van der Waals surface area contributed by atoms with Crippen LogP contribution in [0.3, 0.4) is 0 Å². The molecule has 0 spiro atoms. The molecular weight excluding hydrogens is 206 g/mol. The molecule has 0 aromatic rings. The molecule has 5 N–H and O–H groups in total. The summed E-state index contributed by atoms with van der Waals surface area (Å²) in [6, 6.07) is -2.19. The molecule has 0 radical (unpaired) electrons. The van der Waals surface area contributed by atoms with Crippen LogP contribution >= 0.6 is 0 Å². The van der Waals surface area contributed by atoms with E-state index in [1.807, 2.05) is 5.32 Å². The number of aliphatic hydroxyl groups excluding tert-OH is 1. The molecule has 3 amide bonds. The molecule has 8 heteroatoms. The summed E-state index contributed by atoms with van der Waals surface area (Å²) in [4.78, 5) is 33.0. The quantitative estimate of drug-likeness (QED) is 0.407. The van der Waals surface area contributed by atoms with Crippen LogP contribution in [0.5, 0.6) is 0 Å². The Bertz CT molecular complexity index is 267. The van der Waals surface area contributed by atoms with Gasteiger partial charge in [0.05, 0.1) is 6.61 Å². The van der Waals surface area contributed by atoms with Crippen molar-refractivity contribution in [3.63, 3.8) is 0 Å². The molecule has 0 bridgehead atoms. The molecule has 1 atom stereocenters. The van der Waals surface area contributed by atoms with Crippen molar-refractivity contribution in [3.8, 4) is 0 Å². The second-order valence-electron chi connectivity index (χ2n) is 2.85. The number of amides is 3. The van der Waals surface area contributed by atoms with Crippen LogP contribution in [0.4, 0.5) is 4.79 Å². The first-order valence-electron chi connectivity index (χ1n) is 4.02. The maximum atomic E-state index is 11.2. The summed E-state index contributed by atoms with van der Waals surface area (Å²) in [5, 5.41) is 19.1. The zero-order chi connectivity index (χ0) is 12.0. The number of carbonyl (C=O) groups excluding carboxylic acids is 2. The first kappa shape index (κ1) is 13.2. The fraction of sp³-hybridized carbons (Fsp3) is 0.571. The second-order valence-corrected chi connectivity index (χ2v) is 2.85. The zero-order valence-electron chi connectivity index (χ0n) is 8.14. The van der Waals surface area contributed by atoms with Crippen LogP contribution in [0.15, 0.2) is 0 Å². The number of nitrogens with zero attached hydrogens (tertiary/aromatic N) is 1. The highest BCUT2D eigenvalue weighted by Gasteiger charge is 2.21. The maximum Gasteiger partial charge on any atom is 0.328 e. The Morgan fingerprint density at radius 3 is 2.33 bits per heavy atom. The van der Waals surface area contributed by atoms with E-state index in [9.17, 15) is 14.4 Å². The van der Waals surface area contributed by atoms with Crippen LogP contribution in [-0.2, 0) is 9.59 Å². The van der Waals surface area contributed by atoms with E-state index in [1.165, 1.54) is 7.05 Å². The minimum atomic E-state index is -1.40. The molecule has 0 saturated heterocycles. The van der Waals surface area contributed by atoms with Crippen molar-refractivity contribution in [1.82, 2.24) is 10.2 Å². The van der Waals surface area contributed by atoms with Crippen LogP contribution in [0.2, 0.25) is 0 Å². The zero-order valence-corrected chi connectivity index (χ0v) is 8.14. The smallest absolute Gasteiger partial charge is 0.328 e. The summed E-state index contributed by atoms with van der Waals surface area (Å²) in [6.07, 6.45) is 0. The number of hydrogen-bond acceptors (Lipinski definition) is 4. The lowest BCUT2D eigenvalue weighted by Gasteiger charge is -2.18. The van der Waals surface area contributed by atoms with Gasteiger partial charge in [0.25, 0.3) is 0 Å². The third-order valence-electron chi connectivity index (χ3n) is 1.52. The third kappa shape index (κ3) is 4.81. The number of carbonyl (C=O) groups is 3. The number of nitrogens with two attached hydrogens (primary N) is 1. The Balaban J connectivity index is 4.21. The van der Waals surface area contributed by atoms with E-state index in [4.69, 9.17) is 15.9 Å². The van der Waals surface area contributed by atoms with Crippen molar-refractivity contribution in [1.29, 1.82) is 0 Å². The van der Waals surface area contributed by atoms with E-state index in [1.54, 1.807) is 0 Å². The van der Waals surface area contributed by atoms with Gasteiger partial charge in [-0.05, 0) is 0 Å². The predicted octanol–water partition coefficient (Wildman–Crippen LogP) is -2.44. The molecule has 0 aliphatic rings. The fourth-order valence-corrected chi connectivity index (χ4v) is 0.750. The van der Waals surface area contributed by atoms with Gasteiger partial charge in [0.1, 0.15) is 6.54 Å². The molecule has 0 fully saturated rings. The Labute approximate surface area is 85.7 Å². The number of primary amides is 1. The van der Waals surface area contributed by atoms with E-state index in [0.717, 1.165) is 4.90 Å². The Morgan fingerprint density at radius 2 is 2.00 bits per heavy atom. The van der Waals surface area contributed by atoms with E-state index >= 15 is 0 Å². The van der Waals surface area contributed by atoms with Gasteiger partial charge in [0, 0.05) is 7.05 Å². The summed E-state index contributed by atoms with van der Waals surface area (Å²) in [7, 11) is 1.27. The first-order chi connectivity index (χ1) is 6.88. The Morgan fingerprint density at radius 1 is 1.47 bits per heavy atom. The number of urea groups is 1. The van der Waals surface area contributed by atoms with Gasteiger partial charge in [-0.3, -0.25) is 4.79 Å². The monoisotopic (exact) mass is 219 g/mol. The SMILES string of the molecule is CN(CC(N)=O)C(=O)N[C@@H](CO)C(=O)O. The maximum absolute atomic E-state index is 11.2. The molecule has 86 valence electrons. The van der Waals surface area contributed by atoms with Gasteiger partial charge in [-0.1, -0.05) is 0 Å². The van der Waals surface area contributed by atoms with Crippen molar-refractivity contribution in [2.24, 2.45) is 5.73 Å². The van der Waals surface area contributed by atoms with Crippen LogP contribution in [-0.4, -0.2) is 59.3 Å². The molecular formula is C7H13N3O5. The number of carboxylic acid groups (broad SMARTS) is 1. The lowest BCUT2D eigenvalue weighted by atomic mass is 10.3. The summed E-state index contributed by atoms with van der Waals surface area (Å²) in [5.41, 5.74) is 4.83. The van der Waals surface area contributed by atoms with Crippen LogP contribution in [0.1, 0.15) is 0 Å². The van der Waals surface area contributed by atoms with Gasteiger partial charge < -0.3 is 26.2 Å². The molecule has 0 unspecified atom stereocenters. The van der Waals surface area contributed by atoms with E-state index in [-0.39, 0.29) is 6.54 Å². The normalized spacial score (nSPS) is 11.6. The second kappa shape index (κ2) is 5.81. The highest BCUT2D eigenvalue weighted by atomic mass is 16.4. The van der Waals surface area contributed by atoms with Crippen molar-refractivity contribution in [3.05, 3.63) is 0 Å². The van der Waals surface area contributed by atoms with Crippen molar-refractivity contribution < 1.29 is 24.6 Å². The molecule has 0 aromatic carbocycles. The van der Waals surface area contributed by atoms with E-state index < -0.39 is 30.6 Å². The van der Waals surface area contributed by atoms with Gasteiger partial charge >= 0.3 is 12.0 Å². The van der Waals surface area contributed by atoms with Crippen LogP contribution < -0.4 is 11.1 Å². The average molecular weight is 219 g/mol. The molecule has 0 rings (SSSR count). The van der Waals surface area contributed by atoms with Gasteiger partial charge in [-0.15, -0.1) is 0 Å². The molecule has 0 aliphatic carbocycles. The standard InChI is InChI=1S/C7H13N3O5/c1-10(2-5(8)12)7(15)9-4(3-11)6(13)14/h4,11H,2-3H2,1H3,(H2,8,12)(H,9,15)(H,13,14)/t4-/m0/s1. The highest BCUT2D eigenvalue weighted by Crippen LogP contribution is 1.88. The largest absolute Gasteiger partial charge is 0.480 e. The van der Waals surface area contributed by atoms with Gasteiger partial charge in [0.2, 0.25) is 5.91 Å². The summed E-state index contributed by atoms with van der Waals surface area (Å²) < 4.78 is 0. The number of aliphatic carboxylic acids is 1. The van der Waals surface area contributed by atoms with Crippen LogP contribution in [0.25, 0.3) is 0 Å². The molecule has 0 aromatic heterocycles. The number of likely N-dealkylation sites (N-methyl/N-ethyl adjacent to an activating group) is 1. The number of rotatable bonds is 5. The van der Waals surface area contributed by atoms with Gasteiger partial charge in [0.15, 0.2) is 6.04 Å². The van der Waals surface area contributed by atoms with Gasteiger partial charge in [-0.2, -0.15) is 0 Å². The number of hydrogen-bond donors (Lipinski definition) is 4. The summed E-state index contributed by atoms with van der Waals surface area (Å²) >= 11 is 0. The molecule has 15 heavy (non-hydrogen) atoms. The lowest BCUT2D eigenvalue weighted by Crippen LogP contribution is -2.50. The Hall–Kier alpha value is -1.83.